The molecular formula is C18H35NO3. The summed E-state index contributed by atoms with van der Waals surface area (Å²) in [5.74, 6) is -0.0977. The van der Waals surface area contributed by atoms with E-state index in [-0.39, 0.29) is 12.5 Å². The predicted molar refractivity (Wildman–Crippen MR) is 91.7 cm³/mol. The van der Waals surface area contributed by atoms with Gasteiger partial charge in [-0.15, -0.1) is 0 Å². The highest BCUT2D eigenvalue weighted by molar-refractivity contribution is 5.76. The summed E-state index contributed by atoms with van der Waals surface area (Å²) in [6, 6.07) is -0.606. The Morgan fingerprint density at radius 1 is 1.05 bits per heavy atom. The first-order valence-electron chi connectivity index (χ1n) is 8.90. The molecule has 22 heavy (non-hydrogen) atoms. The van der Waals surface area contributed by atoms with Crippen molar-refractivity contribution in [3.05, 3.63) is 12.2 Å². The number of hydrogen-bond donors (Lipinski definition) is 3. The first kappa shape index (κ1) is 21.1. The second-order valence-electron chi connectivity index (χ2n) is 5.94. The lowest BCUT2D eigenvalue weighted by atomic mass is 10.1. The number of carbonyl (C=O) groups is 1. The fraction of sp³-hybridized carbons (Fsp3) is 0.833. The fourth-order valence-electron chi connectivity index (χ4n) is 2.29. The van der Waals surface area contributed by atoms with Gasteiger partial charge >= 0.3 is 0 Å². The highest BCUT2D eigenvalue weighted by Gasteiger charge is 2.17. The average molecular weight is 313 g/mol. The van der Waals surface area contributed by atoms with E-state index in [1.54, 1.807) is 6.08 Å². The summed E-state index contributed by atoms with van der Waals surface area (Å²) < 4.78 is 0. The molecule has 0 aliphatic heterocycles. The van der Waals surface area contributed by atoms with Crippen molar-refractivity contribution < 1.29 is 15.0 Å². The number of nitrogens with one attached hydrogen (secondary N) is 1. The number of aliphatic hydroxyl groups excluding tert-OH is 2. The van der Waals surface area contributed by atoms with E-state index in [2.05, 4.69) is 19.2 Å². The van der Waals surface area contributed by atoms with Gasteiger partial charge in [-0.05, 0) is 19.3 Å². The van der Waals surface area contributed by atoms with Gasteiger partial charge in [0.2, 0.25) is 5.91 Å². The molecule has 3 N–H and O–H groups in total. The Bertz CT molecular complexity index is 292. The van der Waals surface area contributed by atoms with Crippen molar-refractivity contribution >= 4 is 5.91 Å². The molecule has 4 heteroatoms. The second kappa shape index (κ2) is 15.0. The van der Waals surface area contributed by atoms with Gasteiger partial charge in [-0.25, -0.2) is 0 Å². The van der Waals surface area contributed by atoms with Crippen LogP contribution in [-0.2, 0) is 4.79 Å². The lowest BCUT2D eigenvalue weighted by molar-refractivity contribution is -0.123. The van der Waals surface area contributed by atoms with Gasteiger partial charge in [-0.3, -0.25) is 4.79 Å². The van der Waals surface area contributed by atoms with Gasteiger partial charge < -0.3 is 15.5 Å². The minimum atomic E-state index is -0.823. The van der Waals surface area contributed by atoms with Crippen LogP contribution in [0.2, 0.25) is 0 Å². The van der Waals surface area contributed by atoms with Crippen LogP contribution in [0.15, 0.2) is 12.2 Å². The van der Waals surface area contributed by atoms with Crippen molar-refractivity contribution in [2.75, 3.05) is 6.61 Å². The fourth-order valence-corrected chi connectivity index (χ4v) is 2.29. The van der Waals surface area contributed by atoms with Gasteiger partial charge in [0.15, 0.2) is 0 Å². The van der Waals surface area contributed by atoms with Crippen LogP contribution in [0.25, 0.3) is 0 Å². The van der Waals surface area contributed by atoms with Crippen LogP contribution in [0.5, 0.6) is 0 Å². The van der Waals surface area contributed by atoms with Crippen LogP contribution >= 0.6 is 0 Å². The molecule has 0 bridgehead atoms. The minimum Gasteiger partial charge on any atom is -0.394 e. The van der Waals surface area contributed by atoms with Crippen LogP contribution in [-0.4, -0.2) is 34.9 Å². The molecule has 0 aromatic rings. The average Bonchev–Trinajstić information content (AvgIpc) is 2.51. The number of amides is 1. The SMILES string of the molecule is CCCCCCC/C=C/C(O)C(CO)NC(=O)CCCCC. The van der Waals surface area contributed by atoms with Gasteiger partial charge in [-0.2, -0.15) is 0 Å². The molecule has 2 unspecified atom stereocenters. The van der Waals surface area contributed by atoms with E-state index < -0.39 is 12.1 Å². The molecule has 0 radical (unpaired) electrons. The van der Waals surface area contributed by atoms with E-state index in [9.17, 15) is 15.0 Å². The quantitative estimate of drug-likeness (QED) is 0.340. The monoisotopic (exact) mass is 313 g/mol. The van der Waals surface area contributed by atoms with Crippen LogP contribution in [0.4, 0.5) is 0 Å². The number of aliphatic hydroxyl groups is 2. The maximum atomic E-state index is 11.7. The van der Waals surface area contributed by atoms with Crippen molar-refractivity contribution in [2.24, 2.45) is 0 Å². The zero-order valence-corrected chi connectivity index (χ0v) is 14.4. The Hall–Kier alpha value is -0.870. The molecule has 130 valence electrons. The third-order valence-corrected chi connectivity index (χ3v) is 3.77. The second-order valence-corrected chi connectivity index (χ2v) is 5.94. The molecular weight excluding hydrogens is 278 g/mol. The zero-order chi connectivity index (χ0) is 16.6. The maximum absolute atomic E-state index is 11.7. The molecule has 0 aromatic carbocycles. The number of rotatable bonds is 14. The van der Waals surface area contributed by atoms with Crippen LogP contribution in [0.3, 0.4) is 0 Å². The molecule has 0 spiro atoms. The minimum absolute atomic E-state index is 0.0977. The largest absolute Gasteiger partial charge is 0.394 e. The van der Waals surface area contributed by atoms with Crippen LogP contribution in [0.1, 0.15) is 78.1 Å². The van der Waals surface area contributed by atoms with Crippen LogP contribution < -0.4 is 5.32 Å². The molecule has 0 rings (SSSR count). The van der Waals surface area contributed by atoms with E-state index in [1.165, 1.54) is 25.7 Å². The van der Waals surface area contributed by atoms with Crippen molar-refractivity contribution in [2.45, 2.75) is 90.2 Å². The van der Waals surface area contributed by atoms with Gasteiger partial charge in [0.1, 0.15) is 0 Å². The lowest BCUT2D eigenvalue weighted by Gasteiger charge is -2.19. The summed E-state index contributed by atoms with van der Waals surface area (Å²) in [7, 11) is 0. The molecule has 0 fully saturated rings. The van der Waals surface area contributed by atoms with E-state index in [1.807, 2.05) is 6.08 Å². The third kappa shape index (κ3) is 11.8. The first-order chi connectivity index (χ1) is 10.7. The van der Waals surface area contributed by atoms with Crippen molar-refractivity contribution in [3.8, 4) is 0 Å². The molecule has 1 amide bonds. The summed E-state index contributed by atoms with van der Waals surface area (Å²) in [4.78, 5) is 11.7. The number of allylic oxidation sites excluding steroid dienone is 1. The molecule has 4 nitrogen and oxygen atoms in total. The van der Waals surface area contributed by atoms with Crippen molar-refractivity contribution in [1.82, 2.24) is 5.32 Å². The Morgan fingerprint density at radius 3 is 2.32 bits per heavy atom. The summed E-state index contributed by atoms with van der Waals surface area (Å²) in [6.45, 7) is 4.04. The molecule has 2 atom stereocenters. The topological polar surface area (TPSA) is 69.6 Å². The molecule has 0 aliphatic rings. The smallest absolute Gasteiger partial charge is 0.220 e. The van der Waals surface area contributed by atoms with E-state index in [4.69, 9.17) is 0 Å². The van der Waals surface area contributed by atoms with E-state index in [0.29, 0.717) is 6.42 Å². The van der Waals surface area contributed by atoms with E-state index >= 15 is 0 Å². The normalized spacial score (nSPS) is 14.2. The lowest BCUT2D eigenvalue weighted by Crippen LogP contribution is -2.45. The Kier molecular flexibility index (Phi) is 14.4. The van der Waals surface area contributed by atoms with Crippen molar-refractivity contribution in [3.63, 3.8) is 0 Å². The van der Waals surface area contributed by atoms with Gasteiger partial charge in [0.05, 0.1) is 18.8 Å². The molecule has 0 saturated heterocycles. The Labute approximate surface area is 136 Å². The Balaban J connectivity index is 3.92. The molecule has 0 aliphatic carbocycles. The van der Waals surface area contributed by atoms with Gasteiger partial charge in [-0.1, -0.05) is 64.5 Å². The number of hydrogen-bond acceptors (Lipinski definition) is 3. The zero-order valence-electron chi connectivity index (χ0n) is 14.4. The third-order valence-electron chi connectivity index (χ3n) is 3.77. The maximum Gasteiger partial charge on any atom is 0.220 e. The molecule has 0 aromatic heterocycles. The standard InChI is InChI=1S/C18H35NO3/c1-3-5-7-8-9-10-12-13-17(21)16(15-20)19-18(22)14-11-6-4-2/h12-13,16-17,20-21H,3-11,14-15H2,1-2H3,(H,19,22)/b13-12+. The summed E-state index contributed by atoms with van der Waals surface area (Å²) in [5.41, 5.74) is 0. The summed E-state index contributed by atoms with van der Waals surface area (Å²) in [6.07, 6.45) is 13.3. The Morgan fingerprint density at radius 2 is 1.68 bits per heavy atom. The molecule has 0 saturated carbocycles. The predicted octanol–water partition coefficient (Wildman–Crippen LogP) is 3.32. The van der Waals surface area contributed by atoms with Crippen LogP contribution in [0, 0.1) is 0 Å². The summed E-state index contributed by atoms with van der Waals surface area (Å²) >= 11 is 0. The highest BCUT2D eigenvalue weighted by atomic mass is 16.3. The van der Waals surface area contributed by atoms with Gasteiger partial charge in [0.25, 0.3) is 0 Å². The number of carbonyl (C=O) groups excluding carboxylic acids is 1. The van der Waals surface area contributed by atoms with Crippen molar-refractivity contribution in [1.29, 1.82) is 0 Å². The first-order valence-corrected chi connectivity index (χ1v) is 8.90. The van der Waals surface area contributed by atoms with E-state index in [0.717, 1.165) is 32.1 Å². The molecule has 0 heterocycles. The number of unbranched alkanes of at least 4 members (excludes halogenated alkanes) is 7. The highest BCUT2D eigenvalue weighted by Crippen LogP contribution is 2.06. The van der Waals surface area contributed by atoms with Gasteiger partial charge in [0, 0.05) is 6.42 Å². The summed E-state index contributed by atoms with van der Waals surface area (Å²) in [5, 5.41) is 22.0.